The normalized spacial score (nSPS) is 33.4. The lowest BCUT2D eigenvalue weighted by atomic mass is 9.91. The zero-order valence-electron chi connectivity index (χ0n) is 13.0. The van der Waals surface area contributed by atoms with Crippen molar-refractivity contribution in [1.29, 1.82) is 0 Å². The molecule has 102 valence electrons. The van der Waals surface area contributed by atoms with Crippen LogP contribution in [0.2, 0.25) is 0 Å². The second kappa shape index (κ2) is 5.71. The predicted octanol–water partition coefficient (Wildman–Crippen LogP) is 2.70. The third-order valence-electron chi connectivity index (χ3n) is 4.90. The number of hydrogen-bond donors (Lipinski definition) is 0. The summed E-state index contributed by atoms with van der Waals surface area (Å²) in [5.74, 6) is 2.41. The summed E-state index contributed by atoms with van der Waals surface area (Å²) >= 11 is 0. The minimum Gasteiger partial charge on any atom is -0.321 e. The number of quaternary nitrogens is 1. The lowest BCUT2D eigenvalue weighted by Gasteiger charge is -2.50. The van der Waals surface area contributed by atoms with Gasteiger partial charge in [0.2, 0.25) is 0 Å². The highest BCUT2D eigenvalue weighted by Crippen LogP contribution is 2.26. The Labute approximate surface area is 109 Å². The van der Waals surface area contributed by atoms with Gasteiger partial charge in [0.25, 0.3) is 0 Å². The zero-order valence-corrected chi connectivity index (χ0v) is 13.0. The lowest BCUT2D eigenvalue weighted by molar-refractivity contribution is -0.944. The molecule has 0 aromatic heterocycles. The highest BCUT2D eigenvalue weighted by Gasteiger charge is 2.40. The molecular weight excluding hydrogens is 208 g/mol. The molecule has 2 heteroatoms. The topological polar surface area (TPSA) is 3.24 Å². The molecule has 1 heterocycles. The van der Waals surface area contributed by atoms with Gasteiger partial charge >= 0.3 is 0 Å². The number of hydrogen-bond acceptors (Lipinski definition) is 1. The summed E-state index contributed by atoms with van der Waals surface area (Å²) in [7, 11) is 4.75. The first-order chi connectivity index (χ1) is 7.76. The molecule has 1 saturated heterocycles. The molecule has 17 heavy (non-hydrogen) atoms. The molecule has 0 saturated carbocycles. The maximum Gasteiger partial charge on any atom is 0.104 e. The van der Waals surface area contributed by atoms with Gasteiger partial charge in [-0.1, -0.05) is 34.6 Å². The monoisotopic (exact) mass is 241 g/mol. The summed E-state index contributed by atoms with van der Waals surface area (Å²) in [6, 6.07) is 0.801. The van der Waals surface area contributed by atoms with Crippen molar-refractivity contribution >= 4 is 0 Å². The van der Waals surface area contributed by atoms with Gasteiger partial charge in [-0.3, -0.25) is 4.90 Å². The molecule has 3 unspecified atom stereocenters. The Morgan fingerprint density at radius 1 is 1.18 bits per heavy atom. The molecule has 2 nitrogen and oxygen atoms in total. The van der Waals surface area contributed by atoms with Gasteiger partial charge < -0.3 is 4.48 Å². The molecule has 0 bridgehead atoms. The number of rotatable bonds is 4. The molecule has 0 spiro atoms. The third kappa shape index (κ3) is 3.69. The van der Waals surface area contributed by atoms with E-state index >= 15 is 0 Å². The van der Waals surface area contributed by atoms with E-state index in [-0.39, 0.29) is 0 Å². The lowest BCUT2D eigenvalue weighted by Crippen LogP contribution is -2.65. The Kier molecular flexibility index (Phi) is 5.03. The number of nitrogens with zero attached hydrogens (tertiary/aromatic N) is 2. The Hall–Kier alpha value is -0.0800. The van der Waals surface area contributed by atoms with Crippen LogP contribution in [-0.2, 0) is 0 Å². The van der Waals surface area contributed by atoms with Gasteiger partial charge in [0.05, 0.1) is 26.7 Å². The summed E-state index contributed by atoms with van der Waals surface area (Å²) in [5, 5.41) is 0. The standard InChI is InChI=1S/C15H33N2/c1-12(2)14(5)11-17(7)9-8-16(6)10-15(17)13(3)4/h12-15H,8-11H2,1-7H3/q+1. The van der Waals surface area contributed by atoms with Crippen LogP contribution in [0.4, 0.5) is 0 Å². The molecule has 0 N–H and O–H groups in total. The van der Waals surface area contributed by atoms with E-state index in [9.17, 15) is 0 Å². The first kappa shape index (κ1) is 15.0. The van der Waals surface area contributed by atoms with Crippen molar-refractivity contribution in [3.05, 3.63) is 0 Å². The molecule has 0 amide bonds. The van der Waals surface area contributed by atoms with Gasteiger partial charge in [0, 0.05) is 18.4 Å². The minimum atomic E-state index is 0.780. The predicted molar refractivity (Wildman–Crippen MR) is 76.0 cm³/mol. The minimum absolute atomic E-state index is 0.780. The Bertz CT molecular complexity index is 237. The van der Waals surface area contributed by atoms with E-state index in [4.69, 9.17) is 0 Å². The number of likely N-dealkylation sites (N-methyl/N-ethyl adjacent to an activating group) is 2. The van der Waals surface area contributed by atoms with Crippen LogP contribution >= 0.6 is 0 Å². The smallest absolute Gasteiger partial charge is 0.104 e. The van der Waals surface area contributed by atoms with E-state index < -0.39 is 0 Å². The molecule has 0 aromatic carbocycles. The van der Waals surface area contributed by atoms with E-state index in [1.807, 2.05) is 0 Å². The Morgan fingerprint density at radius 3 is 2.24 bits per heavy atom. The van der Waals surface area contributed by atoms with E-state index in [2.05, 4.69) is 53.6 Å². The van der Waals surface area contributed by atoms with Crippen molar-refractivity contribution in [3.63, 3.8) is 0 Å². The Balaban J connectivity index is 2.76. The van der Waals surface area contributed by atoms with Crippen molar-refractivity contribution in [2.24, 2.45) is 17.8 Å². The van der Waals surface area contributed by atoms with Crippen LogP contribution in [0.15, 0.2) is 0 Å². The van der Waals surface area contributed by atoms with E-state index in [1.54, 1.807) is 0 Å². The Morgan fingerprint density at radius 2 is 1.76 bits per heavy atom. The van der Waals surface area contributed by atoms with Crippen molar-refractivity contribution in [2.75, 3.05) is 40.3 Å². The fourth-order valence-electron chi connectivity index (χ4n) is 3.20. The fourth-order valence-corrected chi connectivity index (χ4v) is 3.20. The average Bonchev–Trinajstić information content (AvgIpc) is 2.21. The highest BCUT2D eigenvalue weighted by molar-refractivity contribution is 4.74. The van der Waals surface area contributed by atoms with Crippen LogP contribution in [0, 0.1) is 17.8 Å². The van der Waals surface area contributed by atoms with E-state index in [0.29, 0.717) is 0 Å². The van der Waals surface area contributed by atoms with Gasteiger partial charge in [-0.2, -0.15) is 0 Å². The molecule has 0 radical (unpaired) electrons. The highest BCUT2D eigenvalue weighted by atomic mass is 15.4. The van der Waals surface area contributed by atoms with Gasteiger partial charge in [-0.15, -0.1) is 0 Å². The van der Waals surface area contributed by atoms with Crippen LogP contribution in [0.3, 0.4) is 0 Å². The van der Waals surface area contributed by atoms with Gasteiger partial charge in [0.1, 0.15) is 6.04 Å². The van der Waals surface area contributed by atoms with Crippen LogP contribution in [-0.4, -0.2) is 55.7 Å². The molecule has 1 aliphatic heterocycles. The SMILES string of the molecule is CC(C)C(C)C[N+]1(C)CCN(C)CC1C(C)C. The van der Waals surface area contributed by atoms with E-state index in [0.717, 1.165) is 23.8 Å². The van der Waals surface area contributed by atoms with Gasteiger partial charge in [0.15, 0.2) is 0 Å². The summed E-state index contributed by atoms with van der Waals surface area (Å²) < 4.78 is 1.28. The van der Waals surface area contributed by atoms with Crippen molar-refractivity contribution < 1.29 is 4.48 Å². The van der Waals surface area contributed by atoms with Gasteiger partial charge in [-0.05, 0) is 13.0 Å². The van der Waals surface area contributed by atoms with Crippen LogP contribution in [0.5, 0.6) is 0 Å². The van der Waals surface area contributed by atoms with Crippen LogP contribution in [0.25, 0.3) is 0 Å². The average molecular weight is 241 g/mol. The molecule has 1 aliphatic rings. The summed E-state index contributed by atoms with van der Waals surface area (Å²) in [6.45, 7) is 17.1. The van der Waals surface area contributed by atoms with Gasteiger partial charge in [-0.25, -0.2) is 0 Å². The first-order valence-electron chi connectivity index (χ1n) is 7.29. The fraction of sp³-hybridized carbons (Fsp3) is 1.00. The van der Waals surface area contributed by atoms with Crippen LogP contribution in [0.1, 0.15) is 34.6 Å². The summed E-state index contributed by atoms with van der Waals surface area (Å²) in [4.78, 5) is 2.50. The quantitative estimate of drug-likeness (QED) is 0.684. The molecule has 1 rings (SSSR count). The molecule has 3 atom stereocenters. The van der Waals surface area contributed by atoms with Crippen molar-refractivity contribution in [3.8, 4) is 0 Å². The number of piperazine rings is 1. The maximum atomic E-state index is 2.50. The zero-order chi connectivity index (χ0) is 13.2. The summed E-state index contributed by atoms with van der Waals surface area (Å²) in [5.41, 5.74) is 0. The first-order valence-corrected chi connectivity index (χ1v) is 7.29. The van der Waals surface area contributed by atoms with Crippen LogP contribution < -0.4 is 0 Å². The molecular formula is C15H33N2+. The molecule has 0 aliphatic carbocycles. The second-order valence-electron chi connectivity index (χ2n) is 7.18. The third-order valence-corrected chi connectivity index (χ3v) is 4.90. The molecule has 0 aromatic rings. The summed E-state index contributed by atoms with van der Waals surface area (Å²) in [6.07, 6.45) is 0. The molecule has 1 fully saturated rings. The second-order valence-corrected chi connectivity index (χ2v) is 7.18. The van der Waals surface area contributed by atoms with E-state index in [1.165, 1.54) is 30.7 Å². The maximum absolute atomic E-state index is 2.50. The van der Waals surface area contributed by atoms with Crippen molar-refractivity contribution in [1.82, 2.24) is 4.90 Å². The van der Waals surface area contributed by atoms with Crippen molar-refractivity contribution in [2.45, 2.75) is 40.7 Å². The largest absolute Gasteiger partial charge is 0.321 e.